The van der Waals surface area contributed by atoms with Crippen molar-refractivity contribution in [3.05, 3.63) is 0 Å². The number of sulfone groups is 1. The molecule has 0 unspecified atom stereocenters. The van der Waals surface area contributed by atoms with E-state index in [1.807, 2.05) is 0 Å². The van der Waals surface area contributed by atoms with Crippen molar-refractivity contribution in [3.8, 4) is 0 Å². The summed E-state index contributed by atoms with van der Waals surface area (Å²) in [5, 5.41) is 8.43. The fourth-order valence-electron chi connectivity index (χ4n) is 1.01. The van der Waals surface area contributed by atoms with Gasteiger partial charge in [-0.2, -0.15) is 0 Å². The van der Waals surface area contributed by atoms with Crippen molar-refractivity contribution >= 4 is 15.8 Å². The van der Waals surface area contributed by atoms with Crippen molar-refractivity contribution in [2.24, 2.45) is 0 Å². The quantitative estimate of drug-likeness (QED) is 0.648. The minimum atomic E-state index is -2.92. The first-order valence-electron chi connectivity index (χ1n) is 4.48. The zero-order chi connectivity index (χ0) is 11.2. The number of likely N-dealkylation sites (N-methyl/N-ethyl adjacent to an activating group) is 1. The van der Waals surface area contributed by atoms with Gasteiger partial charge in [0, 0.05) is 5.75 Å². The van der Waals surface area contributed by atoms with Gasteiger partial charge in [0.1, 0.15) is 9.84 Å². The Morgan fingerprint density at radius 2 is 2.00 bits per heavy atom. The zero-order valence-corrected chi connectivity index (χ0v) is 9.38. The first-order valence-corrected chi connectivity index (χ1v) is 6.30. The molecule has 0 spiro atoms. The minimum absolute atomic E-state index is 0.0494. The molecule has 1 N–H and O–H groups in total. The van der Waals surface area contributed by atoms with Crippen molar-refractivity contribution in [3.63, 3.8) is 0 Å². The van der Waals surface area contributed by atoms with Crippen LogP contribution in [0.15, 0.2) is 0 Å². The van der Waals surface area contributed by atoms with Gasteiger partial charge < -0.3 is 5.11 Å². The van der Waals surface area contributed by atoms with E-state index in [1.165, 1.54) is 0 Å². The molecule has 0 bridgehead atoms. The summed E-state index contributed by atoms with van der Waals surface area (Å²) in [5.41, 5.74) is 0. The maximum atomic E-state index is 11.1. The lowest BCUT2D eigenvalue weighted by atomic mass is 10.4. The van der Waals surface area contributed by atoms with E-state index in [1.54, 1.807) is 18.9 Å². The molecule has 0 aromatic heterocycles. The SMILES string of the molecule is CCS(=O)(=O)CCCN(C)CC(=O)O. The third-order valence-electron chi connectivity index (χ3n) is 1.84. The number of carboxylic acids is 1. The molecule has 84 valence electrons. The van der Waals surface area contributed by atoms with Crippen LogP contribution in [0.3, 0.4) is 0 Å². The van der Waals surface area contributed by atoms with Crippen molar-refractivity contribution in [1.29, 1.82) is 0 Å². The summed E-state index contributed by atoms with van der Waals surface area (Å²) in [7, 11) is -1.26. The first kappa shape index (κ1) is 13.4. The molecule has 5 nitrogen and oxygen atoms in total. The van der Waals surface area contributed by atoms with Gasteiger partial charge in [-0.05, 0) is 20.0 Å². The predicted molar refractivity (Wildman–Crippen MR) is 54.1 cm³/mol. The zero-order valence-electron chi connectivity index (χ0n) is 8.56. The average molecular weight is 223 g/mol. The molecule has 0 radical (unpaired) electrons. The Labute approximate surface area is 84.6 Å². The van der Waals surface area contributed by atoms with Gasteiger partial charge in [-0.25, -0.2) is 8.42 Å². The lowest BCUT2D eigenvalue weighted by Gasteiger charge is -2.12. The number of carboxylic acid groups (broad SMARTS) is 1. The van der Waals surface area contributed by atoms with Crippen LogP contribution in [0.4, 0.5) is 0 Å². The molecule has 0 aliphatic heterocycles. The molecule has 0 heterocycles. The third kappa shape index (κ3) is 6.85. The van der Waals surface area contributed by atoms with Gasteiger partial charge in [0.2, 0.25) is 0 Å². The van der Waals surface area contributed by atoms with Crippen LogP contribution in [0, 0.1) is 0 Å². The number of nitrogens with zero attached hydrogens (tertiary/aromatic N) is 1. The molecular formula is C8H17NO4S. The van der Waals surface area contributed by atoms with Gasteiger partial charge in [0.15, 0.2) is 0 Å². The average Bonchev–Trinajstić information content (AvgIpc) is 2.02. The van der Waals surface area contributed by atoms with Crippen LogP contribution in [0.1, 0.15) is 13.3 Å². The van der Waals surface area contributed by atoms with Crippen molar-refractivity contribution < 1.29 is 18.3 Å². The van der Waals surface area contributed by atoms with Crippen LogP contribution in [-0.2, 0) is 14.6 Å². The van der Waals surface area contributed by atoms with Gasteiger partial charge in [0.25, 0.3) is 0 Å². The van der Waals surface area contributed by atoms with Gasteiger partial charge in [-0.1, -0.05) is 6.92 Å². The smallest absolute Gasteiger partial charge is 0.317 e. The maximum Gasteiger partial charge on any atom is 0.317 e. The maximum absolute atomic E-state index is 11.1. The molecule has 0 aliphatic rings. The van der Waals surface area contributed by atoms with E-state index in [2.05, 4.69) is 0 Å². The van der Waals surface area contributed by atoms with Crippen molar-refractivity contribution in [2.75, 3.05) is 31.6 Å². The molecule has 0 rings (SSSR count). The molecule has 0 aromatic rings. The molecular weight excluding hydrogens is 206 g/mol. The predicted octanol–water partition coefficient (Wildman–Crippen LogP) is -0.172. The van der Waals surface area contributed by atoms with Crippen LogP contribution in [0.5, 0.6) is 0 Å². The number of hydrogen-bond donors (Lipinski definition) is 1. The molecule has 0 aromatic carbocycles. The Morgan fingerprint density at radius 3 is 2.43 bits per heavy atom. The lowest BCUT2D eigenvalue weighted by Crippen LogP contribution is -2.27. The summed E-state index contributed by atoms with van der Waals surface area (Å²) in [6.07, 6.45) is 0.486. The molecule has 0 saturated carbocycles. The van der Waals surface area contributed by atoms with E-state index >= 15 is 0 Å². The normalized spacial score (nSPS) is 11.9. The Balaban J connectivity index is 3.69. The number of hydrogen-bond acceptors (Lipinski definition) is 4. The van der Waals surface area contributed by atoms with Gasteiger partial charge in [-0.15, -0.1) is 0 Å². The van der Waals surface area contributed by atoms with Crippen LogP contribution < -0.4 is 0 Å². The van der Waals surface area contributed by atoms with Crippen molar-refractivity contribution in [2.45, 2.75) is 13.3 Å². The lowest BCUT2D eigenvalue weighted by molar-refractivity contribution is -0.137. The van der Waals surface area contributed by atoms with Gasteiger partial charge >= 0.3 is 5.97 Å². The number of carbonyl (C=O) groups is 1. The highest BCUT2D eigenvalue weighted by molar-refractivity contribution is 7.91. The molecule has 14 heavy (non-hydrogen) atoms. The highest BCUT2D eigenvalue weighted by atomic mass is 32.2. The molecule has 0 saturated heterocycles. The van der Waals surface area contributed by atoms with E-state index in [0.29, 0.717) is 13.0 Å². The number of aliphatic carboxylic acids is 1. The summed E-state index contributed by atoms with van der Waals surface area (Å²) < 4.78 is 22.1. The first-order chi connectivity index (χ1) is 6.37. The highest BCUT2D eigenvalue weighted by Gasteiger charge is 2.09. The third-order valence-corrected chi connectivity index (χ3v) is 3.63. The summed E-state index contributed by atoms with van der Waals surface area (Å²) in [6.45, 7) is 2.05. The molecule has 0 atom stereocenters. The summed E-state index contributed by atoms with van der Waals surface area (Å²) in [6, 6.07) is 0. The standard InChI is InChI=1S/C8H17NO4S/c1-3-14(12,13)6-4-5-9(2)7-8(10)11/h3-7H2,1-2H3,(H,10,11). The van der Waals surface area contributed by atoms with E-state index in [4.69, 9.17) is 5.11 Å². The van der Waals surface area contributed by atoms with E-state index in [0.717, 1.165) is 0 Å². The summed E-state index contributed by atoms with van der Waals surface area (Å²) in [4.78, 5) is 11.9. The Hall–Kier alpha value is -0.620. The van der Waals surface area contributed by atoms with Crippen LogP contribution in [0.25, 0.3) is 0 Å². The summed E-state index contributed by atoms with van der Waals surface area (Å²) in [5.74, 6) is -0.617. The fourth-order valence-corrected chi connectivity index (χ4v) is 1.87. The van der Waals surface area contributed by atoms with E-state index in [9.17, 15) is 13.2 Å². The van der Waals surface area contributed by atoms with Crippen LogP contribution >= 0.6 is 0 Å². The van der Waals surface area contributed by atoms with Crippen molar-refractivity contribution in [1.82, 2.24) is 4.90 Å². The highest BCUT2D eigenvalue weighted by Crippen LogP contribution is 1.95. The Morgan fingerprint density at radius 1 is 1.43 bits per heavy atom. The van der Waals surface area contributed by atoms with E-state index < -0.39 is 15.8 Å². The van der Waals surface area contributed by atoms with Crippen LogP contribution in [0.2, 0.25) is 0 Å². The monoisotopic (exact) mass is 223 g/mol. The van der Waals surface area contributed by atoms with E-state index in [-0.39, 0.29) is 18.1 Å². The molecule has 6 heteroatoms. The van der Waals surface area contributed by atoms with Gasteiger partial charge in [-0.3, -0.25) is 9.69 Å². The second kappa shape index (κ2) is 5.98. The molecule has 0 fully saturated rings. The summed E-state index contributed by atoms with van der Waals surface area (Å²) >= 11 is 0. The van der Waals surface area contributed by atoms with Crippen LogP contribution in [-0.4, -0.2) is 56.0 Å². The molecule has 0 aliphatic carbocycles. The Kier molecular flexibility index (Phi) is 5.71. The largest absolute Gasteiger partial charge is 0.480 e. The second-order valence-electron chi connectivity index (χ2n) is 3.22. The number of rotatable bonds is 7. The Bertz CT molecular complexity index is 273. The molecule has 0 amide bonds. The van der Waals surface area contributed by atoms with Gasteiger partial charge in [0.05, 0.1) is 12.3 Å². The topological polar surface area (TPSA) is 74.7 Å². The fraction of sp³-hybridized carbons (Fsp3) is 0.875. The second-order valence-corrected chi connectivity index (χ2v) is 5.69. The minimum Gasteiger partial charge on any atom is -0.480 e.